The average Bonchev–Trinajstić information content (AvgIpc) is 2.35. The van der Waals surface area contributed by atoms with E-state index in [1.165, 1.54) is 0 Å². The summed E-state index contributed by atoms with van der Waals surface area (Å²) in [7, 11) is 0. The first-order valence-electron chi connectivity index (χ1n) is 6.29. The first-order chi connectivity index (χ1) is 8.98. The van der Waals surface area contributed by atoms with Gasteiger partial charge in [0.05, 0.1) is 17.0 Å². The Hall–Kier alpha value is -1.46. The zero-order valence-electron chi connectivity index (χ0n) is 10.8. The molecule has 0 saturated heterocycles. The van der Waals surface area contributed by atoms with Gasteiger partial charge < -0.3 is 16.2 Å². The second-order valence-corrected chi connectivity index (χ2v) is 5.71. The largest absolute Gasteiger partial charge is 0.392 e. The smallest absolute Gasteiger partial charge is 0.237 e. The summed E-state index contributed by atoms with van der Waals surface area (Å²) in [5.74, 6) is 0.346. The van der Waals surface area contributed by atoms with Crippen molar-refractivity contribution in [2.75, 3.05) is 5.32 Å². The molecule has 1 aliphatic carbocycles. The molecular formula is C14H18N2O2S. The number of carbonyl (C=O) groups is 1. The third-order valence-corrected chi connectivity index (χ3v) is 4.09. The number of aliphatic hydroxyl groups excluding tert-OH is 1. The van der Waals surface area contributed by atoms with Crippen molar-refractivity contribution in [3.63, 3.8) is 0 Å². The van der Waals surface area contributed by atoms with Crippen molar-refractivity contribution in [3.05, 3.63) is 29.8 Å². The lowest BCUT2D eigenvalue weighted by molar-refractivity contribution is -0.127. The molecule has 0 aromatic heterocycles. The molecule has 0 bridgehead atoms. The molecule has 0 atom stereocenters. The van der Waals surface area contributed by atoms with Crippen molar-refractivity contribution in [1.29, 1.82) is 0 Å². The normalized spacial score (nSPS) is 25.5. The molecule has 102 valence electrons. The standard InChI is InChI=1S/C14H18N2O2S/c1-9-6-14(7-9,12(15)19)13(18)16-11-4-2-10(8-17)3-5-11/h2-5,9,17H,6-8H2,1H3,(H2,15,19)(H,16,18). The highest BCUT2D eigenvalue weighted by Gasteiger charge is 2.50. The number of benzene rings is 1. The third-order valence-electron chi connectivity index (χ3n) is 3.69. The SMILES string of the molecule is CC1CC(C(=O)Nc2ccc(CO)cc2)(C(N)=S)C1. The molecule has 0 radical (unpaired) electrons. The van der Waals surface area contributed by atoms with Gasteiger partial charge in [-0.15, -0.1) is 0 Å². The maximum Gasteiger partial charge on any atom is 0.237 e. The van der Waals surface area contributed by atoms with E-state index in [1.54, 1.807) is 24.3 Å². The van der Waals surface area contributed by atoms with Crippen molar-refractivity contribution in [2.24, 2.45) is 17.1 Å². The molecule has 1 aromatic carbocycles. The predicted molar refractivity (Wildman–Crippen MR) is 78.6 cm³/mol. The number of amides is 1. The van der Waals surface area contributed by atoms with E-state index < -0.39 is 5.41 Å². The maximum atomic E-state index is 12.3. The number of anilines is 1. The van der Waals surface area contributed by atoms with E-state index in [4.69, 9.17) is 23.1 Å². The zero-order valence-corrected chi connectivity index (χ0v) is 11.7. The van der Waals surface area contributed by atoms with E-state index in [-0.39, 0.29) is 17.5 Å². The summed E-state index contributed by atoms with van der Waals surface area (Å²) in [5, 5.41) is 11.8. The molecule has 1 aliphatic rings. The van der Waals surface area contributed by atoms with Gasteiger partial charge in [0, 0.05) is 5.69 Å². The summed E-state index contributed by atoms with van der Waals surface area (Å²) in [6.45, 7) is 2.07. The van der Waals surface area contributed by atoms with Crippen molar-refractivity contribution >= 4 is 28.8 Å². The Balaban J connectivity index is 2.09. The van der Waals surface area contributed by atoms with Gasteiger partial charge in [0.15, 0.2) is 0 Å². The Morgan fingerprint density at radius 1 is 1.47 bits per heavy atom. The van der Waals surface area contributed by atoms with E-state index >= 15 is 0 Å². The molecular weight excluding hydrogens is 260 g/mol. The van der Waals surface area contributed by atoms with E-state index in [0.717, 1.165) is 5.56 Å². The highest BCUT2D eigenvalue weighted by Crippen LogP contribution is 2.46. The Morgan fingerprint density at radius 2 is 2.05 bits per heavy atom. The van der Waals surface area contributed by atoms with Crippen LogP contribution in [-0.2, 0) is 11.4 Å². The van der Waals surface area contributed by atoms with Crippen LogP contribution in [0.25, 0.3) is 0 Å². The first-order valence-corrected chi connectivity index (χ1v) is 6.70. The van der Waals surface area contributed by atoms with Gasteiger partial charge in [-0.25, -0.2) is 0 Å². The maximum absolute atomic E-state index is 12.3. The van der Waals surface area contributed by atoms with Crippen LogP contribution in [0, 0.1) is 11.3 Å². The summed E-state index contributed by atoms with van der Waals surface area (Å²) in [5.41, 5.74) is 6.54. The van der Waals surface area contributed by atoms with Crippen LogP contribution in [0.1, 0.15) is 25.3 Å². The van der Waals surface area contributed by atoms with Crippen molar-refractivity contribution in [3.8, 4) is 0 Å². The van der Waals surface area contributed by atoms with Gasteiger partial charge in [0.1, 0.15) is 0 Å². The Bertz CT molecular complexity index is 493. The summed E-state index contributed by atoms with van der Waals surface area (Å²) in [4.78, 5) is 12.6. The van der Waals surface area contributed by atoms with E-state index in [9.17, 15) is 4.79 Å². The first kappa shape index (κ1) is 14.0. The molecule has 2 rings (SSSR count). The molecule has 4 N–H and O–H groups in total. The molecule has 1 aromatic rings. The van der Waals surface area contributed by atoms with Crippen LogP contribution in [0.15, 0.2) is 24.3 Å². The number of rotatable bonds is 4. The third kappa shape index (κ3) is 2.62. The fourth-order valence-electron chi connectivity index (χ4n) is 2.57. The monoisotopic (exact) mass is 278 g/mol. The lowest BCUT2D eigenvalue weighted by Crippen LogP contribution is -2.53. The molecule has 1 fully saturated rings. The number of nitrogens with two attached hydrogens (primary N) is 1. The van der Waals surface area contributed by atoms with Crippen molar-refractivity contribution in [2.45, 2.75) is 26.4 Å². The van der Waals surface area contributed by atoms with E-state index in [2.05, 4.69) is 12.2 Å². The minimum absolute atomic E-state index is 0.0113. The number of nitrogens with one attached hydrogen (secondary N) is 1. The summed E-state index contributed by atoms with van der Waals surface area (Å²) in [6.07, 6.45) is 1.42. The van der Waals surface area contributed by atoms with Gasteiger partial charge in [0.2, 0.25) is 5.91 Å². The average molecular weight is 278 g/mol. The van der Waals surface area contributed by atoms with Gasteiger partial charge in [-0.2, -0.15) is 0 Å². The van der Waals surface area contributed by atoms with Gasteiger partial charge in [0.25, 0.3) is 0 Å². The van der Waals surface area contributed by atoms with Crippen LogP contribution in [0.5, 0.6) is 0 Å². The van der Waals surface area contributed by atoms with Gasteiger partial charge >= 0.3 is 0 Å². The molecule has 4 nitrogen and oxygen atoms in total. The highest BCUT2D eigenvalue weighted by atomic mass is 32.1. The fraction of sp³-hybridized carbons (Fsp3) is 0.429. The Labute approximate surface area is 118 Å². The van der Waals surface area contributed by atoms with Crippen LogP contribution in [0.2, 0.25) is 0 Å². The van der Waals surface area contributed by atoms with Crippen molar-refractivity contribution in [1.82, 2.24) is 0 Å². The van der Waals surface area contributed by atoms with Gasteiger partial charge in [-0.3, -0.25) is 4.79 Å². The molecule has 0 unspecified atom stereocenters. The summed E-state index contributed by atoms with van der Waals surface area (Å²) < 4.78 is 0. The number of carbonyl (C=O) groups excluding carboxylic acids is 1. The molecule has 0 aliphatic heterocycles. The van der Waals surface area contributed by atoms with Crippen LogP contribution < -0.4 is 11.1 Å². The molecule has 19 heavy (non-hydrogen) atoms. The molecule has 1 saturated carbocycles. The number of thiocarbonyl (C=S) groups is 1. The lowest BCUT2D eigenvalue weighted by atomic mass is 9.62. The number of aliphatic hydroxyl groups is 1. The minimum atomic E-state index is -0.690. The Morgan fingerprint density at radius 3 is 2.47 bits per heavy atom. The number of hydrogen-bond acceptors (Lipinski definition) is 3. The molecule has 0 heterocycles. The fourth-order valence-corrected chi connectivity index (χ4v) is 2.83. The van der Waals surface area contributed by atoms with E-state index in [0.29, 0.717) is 24.4 Å². The molecule has 0 spiro atoms. The van der Waals surface area contributed by atoms with Crippen molar-refractivity contribution < 1.29 is 9.90 Å². The minimum Gasteiger partial charge on any atom is -0.392 e. The highest BCUT2D eigenvalue weighted by molar-refractivity contribution is 7.80. The molecule has 5 heteroatoms. The predicted octanol–water partition coefficient (Wildman–Crippen LogP) is 1.82. The van der Waals surface area contributed by atoms with Crippen LogP contribution in [0.3, 0.4) is 0 Å². The van der Waals surface area contributed by atoms with E-state index in [1.807, 2.05) is 0 Å². The molecule has 1 amide bonds. The van der Waals surface area contributed by atoms with Crippen LogP contribution in [-0.4, -0.2) is 16.0 Å². The van der Waals surface area contributed by atoms with Crippen LogP contribution in [0.4, 0.5) is 5.69 Å². The topological polar surface area (TPSA) is 75.3 Å². The van der Waals surface area contributed by atoms with Crippen LogP contribution >= 0.6 is 12.2 Å². The lowest BCUT2D eigenvalue weighted by Gasteiger charge is -2.44. The second-order valence-electron chi connectivity index (χ2n) is 5.27. The Kier molecular flexibility index (Phi) is 3.87. The summed E-state index contributed by atoms with van der Waals surface area (Å²) in [6, 6.07) is 7.07. The number of hydrogen-bond donors (Lipinski definition) is 3. The van der Waals surface area contributed by atoms with Gasteiger partial charge in [-0.1, -0.05) is 31.3 Å². The zero-order chi connectivity index (χ0) is 14.0. The summed E-state index contributed by atoms with van der Waals surface area (Å²) >= 11 is 5.05. The quantitative estimate of drug-likeness (QED) is 0.734. The van der Waals surface area contributed by atoms with Gasteiger partial charge in [-0.05, 0) is 36.5 Å². The second kappa shape index (κ2) is 5.27.